The van der Waals surface area contributed by atoms with Crippen molar-refractivity contribution < 1.29 is 19.0 Å². The standard InChI is InChI=1S/C28H36N2O5/c1-19(2)18-30-25(29(6)27(32)35-28(3,4)5)24(20-11-9-8-10-12-20)22-14-13-21(34-16-15-33-7)17-23(22)26(30)31/h8-14,17,19H,15-16,18H2,1-7H3. The van der Waals surface area contributed by atoms with E-state index in [-0.39, 0.29) is 11.5 Å². The minimum Gasteiger partial charge on any atom is -0.491 e. The fourth-order valence-corrected chi connectivity index (χ4v) is 3.94. The van der Waals surface area contributed by atoms with Crippen LogP contribution in [-0.4, -0.2) is 43.6 Å². The Morgan fingerprint density at radius 1 is 1.03 bits per heavy atom. The maximum atomic E-state index is 13.9. The Labute approximate surface area is 207 Å². The van der Waals surface area contributed by atoms with Gasteiger partial charge in [-0.2, -0.15) is 0 Å². The van der Waals surface area contributed by atoms with Crippen LogP contribution in [0.4, 0.5) is 10.6 Å². The van der Waals surface area contributed by atoms with Crippen molar-refractivity contribution in [3.05, 3.63) is 58.9 Å². The van der Waals surface area contributed by atoms with E-state index in [1.807, 2.05) is 77.1 Å². The fraction of sp³-hybridized carbons (Fsp3) is 0.429. The summed E-state index contributed by atoms with van der Waals surface area (Å²) in [5.41, 5.74) is 0.828. The Hall–Kier alpha value is -3.32. The van der Waals surface area contributed by atoms with Crippen molar-refractivity contribution in [1.82, 2.24) is 4.57 Å². The molecular formula is C28H36N2O5. The second-order valence-electron chi connectivity index (χ2n) is 9.96. The van der Waals surface area contributed by atoms with Crippen molar-refractivity contribution >= 4 is 22.7 Å². The van der Waals surface area contributed by atoms with Crippen molar-refractivity contribution in [3.63, 3.8) is 0 Å². The number of methoxy groups -OCH3 is 1. The molecule has 1 heterocycles. The van der Waals surface area contributed by atoms with Gasteiger partial charge in [0, 0.05) is 26.3 Å². The van der Waals surface area contributed by atoms with Crippen LogP contribution in [0.15, 0.2) is 53.3 Å². The molecule has 0 fully saturated rings. The first-order valence-corrected chi connectivity index (χ1v) is 11.9. The SMILES string of the molecule is COCCOc1ccc2c(-c3ccccc3)c(N(C)C(=O)OC(C)(C)C)n(CC(C)C)c(=O)c2c1. The van der Waals surface area contributed by atoms with E-state index < -0.39 is 11.7 Å². The Bertz CT molecular complexity index is 1230. The summed E-state index contributed by atoms with van der Waals surface area (Å²) in [5.74, 6) is 1.26. The summed E-state index contributed by atoms with van der Waals surface area (Å²) < 4.78 is 18.2. The van der Waals surface area contributed by atoms with Crippen LogP contribution in [0.1, 0.15) is 34.6 Å². The molecule has 0 unspecified atom stereocenters. The number of ether oxygens (including phenoxy) is 3. The molecule has 0 aliphatic rings. The number of hydrogen-bond acceptors (Lipinski definition) is 5. The summed E-state index contributed by atoms with van der Waals surface area (Å²) in [6.07, 6.45) is -0.523. The molecule has 0 aliphatic heterocycles. The molecule has 0 saturated carbocycles. The van der Waals surface area contributed by atoms with Gasteiger partial charge < -0.3 is 14.2 Å². The largest absolute Gasteiger partial charge is 0.491 e. The smallest absolute Gasteiger partial charge is 0.415 e. The number of fused-ring (bicyclic) bond motifs is 1. The normalized spacial score (nSPS) is 11.7. The van der Waals surface area contributed by atoms with E-state index in [2.05, 4.69) is 0 Å². The molecule has 2 aromatic carbocycles. The molecule has 0 atom stereocenters. The molecule has 7 heteroatoms. The highest BCUT2D eigenvalue weighted by atomic mass is 16.6. The Balaban J connectivity index is 2.35. The number of pyridine rings is 1. The quantitative estimate of drug-likeness (QED) is 0.386. The van der Waals surface area contributed by atoms with E-state index in [0.29, 0.717) is 36.7 Å². The van der Waals surface area contributed by atoms with Gasteiger partial charge >= 0.3 is 6.09 Å². The lowest BCUT2D eigenvalue weighted by atomic mass is 9.98. The van der Waals surface area contributed by atoms with Crippen molar-refractivity contribution in [2.75, 3.05) is 32.3 Å². The van der Waals surface area contributed by atoms with E-state index in [0.717, 1.165) is 16.5 Å². The molecule has 35 heavy (non-hydrogen) atoms. The van der Waals surface area contributed by atoms with Crippen LogP contribution in [-0.2, 0) is 16.0 Å². The highest BCUT2D eigenvalue weighted by molar-refractivity contribution is 6.05. The summed E-state index contributed by atoms with van der Waals surface area (Å²) in [7, 11) is 3.27. The summed E-state index contributed by atoms with van der Waals surface area (Å²) in [4.78, 5) is 28.5. The molecule has 0 radical (unpaired) electrons. The Kier molecular flexibility index (Phi) is 8.22. The van der Waals surface area contributed by atoms with Crippen molar-refractivity contribution in [1.29, 1.82) is 0 Å². The first-order chi connectivity index (χ1) is 16.5. The number of aromatic nitrogens is 1. The first-order valence-electron chi connectivity index (χ1n) is 11.9. The van der Waals surface area contributed by atoms with Gasteiger partial charge in [-0.25, -0.2) is 4.79 Å². The maximum absolute atomic E-state index is 13.9. The van der Waals surface area contributed by atoms with Crippen LogP contribution in [0.2, 0.25) is 0 Å². The van der Waals surface area contributed by atoms with Crippen LogP contribution in [0.25, 0.3) is 21.9 Å². The molecular weight excluding hydrogens is 444 g/mol. The van der Waals surface area contributed by atoms with Gasteiger partial charge in [0.1, 0.15) is 23.8 Å². The molecule has 0 N–H and O–H groups in total. The minimum atomic E-state index is -0.674. The molecule has 0 aliphatic carbocycles. The monoisotopic (exact) mass is 480 g/mol. The number of anilines is 1. The number of carbonyl (C=O) groups is 1. The number of nitrogens with zero attached hydrogens (tertiary/aromatic N) is 2. The van der Waals surface area contributed by atoms with Crippen molar-refractivity contribution in [2.45, 2.75) is 46.8 Å². The zero-order valence-corrected chi connectivity index (χ0v) is 21.8. The molecule has 1 amide bonds. The molecule has 188 valence electrons. The zero-order valence-electron chi connectivity index (χ0n) is 21.8. The fourth-order valence-electron chi connectivity index (χ4n) is 3.94. The molecule has 3 rings (SSSR count). The van der Waals surface area contributed by atoms with Gasteiger partial charge in [0.15, 0.2) is 0 Å². The molecule has 0 spiro atoms. The lowest BCUT2D eigenvalue weighted by Crippen LogP contribution is -2.38. The van der Waals surface area contributed by atoms with Gasteiger partial charge in [0.05, 0.1) is 12.0 Å². The number of carbonyl (C=O) groups excluding carboxylic acids is 1. The average Bonchev–Trinajstić information content (AvgIpc) is 2.79. The number of rotatable bonds is 8. The predicted molar refractivity (Wildman–Crippen MR) is 140 cm³/mol. The summed E-state index contributed by atoms with van der Waals surface area (Å²) in [6.45, 7) is 10.8. The molecule has 3 aromatic rings. The first kappa shape index (κ1) is 26.3. The maximum Gasteiger partial charge on any atom is 0.415 e. The second-order valence-corrected chi connectivity index (χ2v) is 9.96. The number of benzene rings is 2. The van der Waals surface area contributed by atoms with Crippen LogP contribution < -0.4 is 15.2 Å². The molecule has 7 nitrogen and oxygen atoms in total. The summed E-state index contributed by atoms with van der Waals surface area (Å²) >= 11 is 0. The topological polar surface area (TPSA) is 70.0 Å². The van der Waals surface area contributed by atoms with E-state index in [9.17, 15) is 9.59 Å². The highest BCUT2D eigenvalue weighted by Gasteiger charge is 2.28. The van der Waals surface area contributed by atoms with E-state index in [1.165, 1.54) is 4.90 Å². The van der Waals surface area contributed by atoms with Crippen LogP contribution in [0.3, 0.4) is 0 Å². The van der Waals surface area contributed by atoms with E-state index in [1.54, 1.807) is 24.8 Å². The zero-order chi connectivity index (χ0) is 25.8. The van der Waals surface area contributed by atoms with Crippen molar-refractivity contribution in [3.8, 4) is 16.9 Å². The lowest BCUT2D eigenvalue weighted by Gasteiger charge is -2.29. The number of amides is 1. The van der Waals surface area contributed by atoms with Gasteiger partial charge in [-0.3, -0.25) is 14.3 Å². The molecule has 1 aromatic heterocycles. The third-order valence-electron chi connectivity index (χ3n) is 5.37. The van der Waals surface area contributed by atoms with Crippen molar-refractivity contribution in [2.24, 2.45) is 5.92 Å². The average molecular weight is 481 g/mol. The van der Waals surface area contributed by atoms with Crippen LogP contribution >= 0.6 is 0 Å². The van der Waals surface area contributed by atoms with Crippen LogP contribution in [0.5, 0.6) is 5.75 Å². The van der Waals surface area contributed by atoms with Gasteiger partial charge in [-0.1, -0.05) is 44.2 Å². The van der Waals surface area contributed by atoms with Gasteiger partial charge in [-0.05, 0) is 55.8 Å². The summed E-state index contributed by atoms with van der Waals surface area (Å²) in [6, 6.07) is 15.3. The second kappa shape index (κ2) is 11.0. The lowest BCUT2D eigenvalue weighted by molar-refractivity contribution is 0.0587. The highest BCUT2D eigenvalue weighted by Crippen LogP contribution is 2.37. The Morgan fingerprint density at radius 3 is 2.31 bits per heavy atom. The van der Waals surface area contributed by atoms with Crippen LogP contribution in [0, 0.1) is 5.92 Å². The third-order valence-corrected chi connectivity index (χ3v) is 5.37. The van der Waals surface area contributed by atoms with E-state index >= 15 is 0 Å². The van der Waals surface area contributed by atoms with E-state index in [4.69, 9.17) is 14.2 Å². The van der Waals surface area contributed by atoms with Gasteiger partial charge in [-0.15, -0.1) is 0 Å². The molecule has 0 saturated heterocycles. The minimum absolute atomic E-state index is 0.167. The van der Waals surface area contributed by atoms with Gasteiger partial charge in [0.2, 0.25) is 0 Å². The summed E-state index contributed by atoms with van der Waals surface area (Å²) in [5, 5.41) is 1.27. The predicted octanol–water partition coefficient (Wildman–Crippen LogP) is 5.72. The molecule has 0 bridgehead atoms. The Morgan fingerprint density at radius 2 is 1.71 bits per heavy atom. The third kappa shape index (κ3) is 6.22. The van der Waals surface area contributed by atoms with Gasteiger partial charge in [0.25, 0.3) is 5.56 Å². The number of hydrogen-bond donors (Lipinski definition) is 0.